The molecule has 0 unspecified atom stereocenters. The van der Waals surface area contributed by atoms with Crippen molar-refractivity contribution in [3.05, 3.63) is 34.9 Å². The fraction of sp³-hybridized carbons (Fsp3) is 0.364. The van der Waals surface area contributed by atoms with Gasteiger partial charge in [0.2, 0.25) is 0 Å². The van der Waals surface area contributed by atoms with Gasteiger partial charge in [0, 0.05) is 38.1 Å². The number of aryl methyl sites for hydroxylation is 2. The molecule has 6 nitrogen and oxygen atoms in total. The van der Waals surface area contributed by atoms with E-state index in [0.29, 0.717) is 11.6 Å². The van der Waals surface area contributed by atoms with E-state index in [0.717, 1.165) is 12.1 Å². The third kappa shape index (κ3) is 2.70. The van der Waals surface area contributed by atoms with E-state index in [1.807, 2.05) is 13.1 Å². The summed E-state index contributed by atoms with van der Waals surface area (Å²) in [4.78, 5) is 11.8. The lowest BCUT2D eigenvalue weighted by atomic mass is 10.3. The van der Waals surface area contributed by atoms with Crippen molar-refractivity contribution in [1.29, 1.82) is 0 Å². The smallest absolute Gasteiger partial charge is 0.273 e. The Labute approximate surface area is 110 Å². The highest BCUT2D eigenvalue weighted by Gasteiger charge is 2.14. The van der Waals surface area contributed by atoms with Crippen molar-refractivity contribution in [3.8, 4) is 0 Å². The van der Waals surface area contributed by atoms with Crippen LogP contribution in [0.25, 0.3) is 0 Å². The van der Waals surface area contributed by atoms with Gasteiger partial charge in [0.25, 0.3) is 5.91 Å². The lowest BCUT2D eigenvalue weighted by Gasteiger charge is -2.00. The van der Waals surface area contributed by atoms with Crippen molar-refractivity contribution >= 4 is 17.5 Å². The lowest BCUT2D eigenvalue weighted by molar-refractivity contribution is 0.0945. The fourth-order valence-electron chi connectivity index (χ4n) is 1.55. The molecule has 2 aromatic rings. The Kier molecular flexibility index (Phi) is 3.66. The van der Waals surface area contributed by atoms with Crippen LogP contribution in [0, 0.1) is 0 Å². The molecule has 0 fully saturated rings. The van der Waals surface area contributed by atoms with Crippen LogP contribution in [-0.2, 0) is 20.1 Å². The summed E-state index contributed by atoms with van der Waals surface area (Å²) < 4.78 is 3.31. The van der Waals surface area contributed by atoms with Gasteiger partial charge in [-0.1, -0.05) is 11.6 Å². The molecular formula is C11H14ClN5O. The molecule has 2 heterocycles. The molecule has 0 spiro atoms. The van der Waals surface area contributed by atoms with Crippen LogP contribution >= 0.6 is 11.6 Å². The molecule has 0 saturated carbocycles. The first-order valence-electron chi connectivity index (χ1n) is 5.58. The maximum absolute atomic E-state index is 11.8. The Bertz CT molecular complexity index is 560. The zero-order chi connectivity index (χ0) is 13.1. The molecule has 18 heavy (non-hydrogen) atoms. The summed E-state index contributed by atoms with van der Waals surface area (Å²) in [7, 11) is 1.72. The monoisotopic (exact) mass is 267 g/mol. The Morgan fingerprint density at radius 2 is 2.28 bits per heavy atom. The zero-order valence-electron chi connectivity index (χ0n) is 10.2. The Morgan fingerprint density at radius 3 is 2.83 bits per heavy atom. The number of rotatable bonds is 4. The van der Waals surface area contributed by atoms with Crippen molar-refractivity contribution in [2.45, 2.75) is 20.0 Å². The Morgan fingerprint density at radius 1 is 1.50 bits per heavy atom. The molecular weight excluding hydrogens is 254 g/mol. The van der Waals surface area contributed by atoms with Gasteiger partial charge in [0.1, 0.15) is 0 Å². The van der Waals surface area contributed by atoms with Gasteiger partial charge >= 0.3 is 0 Å². The first kappa shape index (κ1) is 12.6. The number of carbonyl (C=O) groups excluding carboxylic acids is 1. The molecule has 0 aliphatic carbocycles. The lowest BCUT2D eigenvalue weighted by Crippen LogP contribution is -2.23. The van der Waals surface area contributed by atoms with Gasteiger partial charge in [-0.15, -0.1) is 0 Å². The van der Waals surface area contributed by atoms with Gasteiger partial charge in [-0.05, 0) is 6.92 Å². The molecule has 0 atom stereocenters. The van der Waals surface area contributed by atoms with Crippen LogP contribution in [-0.4, -0.2) is 25.5 Å². The van der Waals surface area contributed by atoms with Gasteiger partial charge in [0.15, 0.2) is 5.69 Å². The number of hydrogen-bond donors (Lipinski definition) is 1. The first-order valence-corrected chi connectivity index (χ1v) is 5.96. The average Bonchev–Trinajstić information content (AvgIpc) is 2.92. The van der Waals surface area contributed by atoms with Gasteiger partial charge in [0.05, 0.1) is 11.2 Å². The molecule has 1 amide bonds. The summed E-state index contributed by atoms with van der Waals surface area (Å²) in [5, 5.41) is 11.2. The summed E-state index contributed by atoms with van der Waals surface area (Å²) in [6, 6.07) is 0. The third-order valence-corrected chi connectivity index (χ3v) is 2.74. The van der Waals surface area contributed by atoms with E-state index >= 15 is 0 Å². The molecule has 0 aliphatic rings. The van der Waals surface area contributed by atoms with Crippen LogP contribution in [0.2, 0.25) is 5.02 Å². The van der Waals surface area contributed by atoms with E-state index in [9.17, 15) is 4.79 Å². The molecule has 2 aromatic heterocycles. The highest BCUT2D eigenvalue weighted by Crippen LogP contribution is 2.12. The highest BCUT2D eigenvalue weighted by atomic mass is 35.5. The highest BCUT2D eigenvalue weighted by molar-refractivity contribution is 6.33. The number of nitrogens with one attached hydrogen (secondary N) is 1. The predicted molar refractivity (Wildman–Crippen MR) is 67.3 cm³/mol. The minimum atomic E-state index is -0.287. The van der Waals surface area contributed by atoms with E-state index < -0.39 is 0 Å². The number of nitrogens with zero attached hydrogens (tertiary/aromatic N) is 4. The Hall–Kier alpha value is -1.82. The summed E-state index contributed by atoms with van der Waals surface area (Å²) in [5.74, 6) is -0.287. The van der Waals surface area contributed by atoms with Gasteiger partial charge < -0.3 is 5.32 Å². The average molecular weight is 268 g/mol. The van der Waals surface area contributed by atoms with Crippen molar-refractivity contribution < 1.29 is 4.79 Å². The molecule has 0 saturated heterocycles. The van der Waals surface area contributed by atoms with E-state index in [2.05, 4.69) is 15.5 Å². The first-order chi connectivity index (χ1) is 8.60. The molecule has 1 N–H and O–H groups in total. The minimum Gasteiger partial charge on any atom is -0.346 e. The summed E-state index contributed by atoms with van der Waals surface area (Å²) in [5.41, 5.74) is 1.18. The predicted octanol–water partition coefficient (Wildman–Crippen LogP) is 1.22. The second-order valence-corrected chi connectivity index (χ2v) is 4.29. The SMILES string of the molecule is CCn1cc(CNC(=O)c2nn(C)cc2Cl)cn1. The normalized spacial score (nSPS) is 10.6. The molecule has 0 aliphatic heterocycles. The van der Waals surface area contributed by atoms with E-state index in [4.69, 9.17) is 11.6 Å². The minimum absolute atomic E-state index is 0.238. The molecule has 0 aromatic carbocycles. The third-order valence-electron chi connectivity index (χ3n) is 2.46. The van der Waals surface area contributed by atoms with Crippen LogP contribution in [0.5, 0.6) is 0 Å². The standard InChI is InChI=1S/C11H14ClN5O/c1-3-17-6-8(5-14-17)4-13-11(18)10-9(12)7-16(2)15-10/h5-7H,3-4H2,1-2H3,(H,13,18). The molecule has 0 radical (unpaired) electrons. The van der Waals surface area contributed by atoms with Gasteiger partial charge in [-0.2, -0.15) is 10.2 Å². The number of aromatic nitrogens is 4. The van der Waals surface area contributed by atoms with Gasteiger partial charge in [-0.3, -0.25) is 14.2 Å². The van der Waals surface area contributed by atoms with E-state index in [-0.39, 0.29) is 11.6 Å². The fourth-order valence-corrected chi connectivity index (χ4v) is 1.81. The summed E-state index contributed by atoms with van der Waals surface area (Å²) in [6.07, 6.45) is 5.20. The van der Waals surface area contributed by atoms with Crippen LogP contribution in [0.3, 0.4) is 0 Å². The van der Waals surface area contributed by atoms with Crippen molar-refractivity contribution in [2.75, 3.05) is 0 Å². The summed E-state index contributed by atoms with van der Waals surface area (Å²) in [6.45, 7) is 3.22. The topological polar surface area (TPSA) is 64.7 Å². The van der Waals surface area contributed by atoms with Crippen LogP contribution in [0.15, 0.2) is 18.6 Å². The second-order valence-electron chi connectivity index (χ2n) is 3.89. The number of carbonyl (C=O) groups is 1. The van der Waals surface area contributed by atoms with Crippen molar-refractivity contribution in [2.24, 2.45) is 7.05 Å². The zero-order valence-corrected chi connectivity index (χ0v) is 11.0. The number of halogens is 1. The second kappa shape index (κ2) is 5.22. The van der Waals surface area contributed by atoms with E-state index in [1.165, 1.54) is 4.68 Å². The maximum atomic E-state index is 11.8. The molecule has 0 bridgehead atoms. The Balaban J connectivity index is 1.98. The van der Waals surface area contributed by atoms with Crippen LogP contribution < -0.4 is 5.32 Å². The van der Waals surface area contributed by atoms with Crippen LogP contribution in [0.4, 0.5) is 0 Å². The number of amides is 1. The van der Waals surface area contributed by atoms with Crippen molar-refractivity contribution in [1.82, 2.24) is 24.9 Å². The van der Waals surface area contributed by atoms with Crippen LogP contribution in [0.1, 0.15) is 23.0 Å². The quantitative estimate of drug-likeness (QED) is 0.906. The summed E-state index contributed by atoms with van der Waals surface area (Å²) >= 11 is 5.89. The molecule has 7 heteroatoms. The van der Waals surface area contributed by atoms with Crippen molar-refractivity contribution in [3.63, 3.8) is 0 Å². The molecule has 2 rings (SSSR count). The number of hydrogen-bond acceptors (Lipinski definition) is 3. The molecule has 96 valence electrons. The largest absolute Gasteiger partial charge is 0.346 e. The maximum Gasteiger partial charge on any atom is 0.273 e. The van der Waals surface area contributed by atoms with E-state index in [1.54, 1.807) is 24.1 Å². The van der Waals surface area contributed by atoms with Gasteiger partial charge in [-0.25, -0.2) is 0 Å².